The number of ether oxygens (including phenoxy) is 1. The van der Waals surface area contributed by atoms with Crippen LogP contribution in [-0.2, 0) is 16.0 Å². The Bertz CT molecular complexity index is 411. The highest BCUT2D eigenvalue weighted by atomic mass is 16.5. The summed E-state index contributed by atoms with van der Waals surface area (Å²) in [6.45, 7) is 1.26. The quantitative estimate of drug-likeness (QED) is 0.758. The third kappa shape index (κ3) is 1.67. The van der Waals surface area contributed by atoms with Crippen LogP contribution in [0.2, 0.25) is 0 Å². The van der Waals surface area contributed by atoms with Crippen LogP contribution in [0.4, 0.5) is 0 Å². The van der Waals surface area contributed by atoms with E-state index in [1.165, 1.54) is 11.1 Å². The van der Waals surface area contributed by atoms with Crippen LogP contribution >= 0.6 is 0 Å². The van der Waals surface area contributed by atoms with Crippen molar-refractivity contribution in [2.75, 3.05) is 13.2 Å². The molecule has 1 aliphatic carbocycles. The lowest BCUT2D eigenvalue weighted by atomic mass is 9.72. The molecule has 0 radical (unpaired) electrons. The molecule has 0 aromatic heterocycles. The van der Waals surface area contributed by atoms with Crippen molar-refractivity contribution in [1.82, 2.24) is 0 Å². The number of Topliss-reactive ketones (excluding diaryl/α,β-unsaturated/α-hetero) is 1. The zero-order chi connectivity index (χ0) is 11.0. The Kier molecular flexibility index (Phi) is 2.52. The highest BCUT2D eigenvalue weighted by Crippen LogP contribution is 2.39. The second-order valence-electron chi connectivity index (χ2n) is 4.82. The Balaban J connectivity index is 1.67. The zero-order valence-electron chi connectivity index (χ0n) is 9.32. The van der Waals surface area contributed by atoms with E-state index < -0.39 is 0 Å². The van der Waals surface area contributed by atoms with Crippen LogP contribution in [0.3, 0.4) is 0 Å². The van der Waals surface area contributed by atoms with Crippen molar-refractivity contribution in [3.63, 3.8) is 0 Å². The number of carbonyl (C=O) groups excluding carboxylic acids is 1. The van der Waals surface area contributed by atoms with Gasteiger partial charge in [-0.3, -0.25) is 4.79 Å². The number of carbonyl (C=O) groups is 1. The average Bonchev–Trinajstić information content (AvgIpc) is 2.28. The molecule has 2 heteroatoms. The van der Waals surface area contributed by atoms with E-state index in [2.05, 4.69) is 24.3 Å². The Morgan fingerprint density at radius 2 is 2.12 bits per heavy atom. The van der Waals surface area contributed by atoms with E-state index in [1.807, 2.05) is 0 Å². The summed E-state index contributed by atoms with van der Waals surface area (Å²) in [5, 5.41) is 0. The molecule has 0 spiro atoms. The predicted molar refractivity (Wildman–Crippen MR) is 61.4 cm³/mol. The van der Waals surface area contributed by atoms with Crippen LogP contribution in [0.15, 0.2) is 24.3 Å². The van der Waals surface area contributed by atoms with Gasteiger partial charge in [0.25, 0.3) is 0 Å². The molecule has 2 nitrogen and oxygen atoms in total. The number of hydrogen-bond donors (Lipinski definition) is 0. The van der Waals surface area contributed by atoms with Gasteiger partial charge in [0.1, 0.15) is 5.78 Å². The third-order valence-corrected chi connectivity index (χ3v) is 3.80. The van der Waals surface area contributed by atoms with Crippen molar-refractivity contribution in [3.8, 4) is 0 Å². The molecular weight excluding hydrogens is 200 g/mol. The molecule has 0 saturated carbocycles. The third-order valence-electron chi connectivity index (χ3n) is 3.80. The SMILES string of the molecule is O=C1CCOCC1CC1Cc2ccccc21. The minimum Gasteiger partial charge on any atom is -0.380 e. The molecule has 1 aromatic carbocycles. The summed E-state index contributed by atoms with van der Waals surface area (Å²) in [4.78, 5) is 11.7. The molecule has 1 aliphatic heterocycles. The maximum absolute atomic E-state index is 11.7. The second kappa shape index (κ2) is 4.02. The fourth-order valence-corrected chi connectivity index (χ4v) is 2.81. The molecule has 0 N–H and O–H groups in total. The Labute approximate surface area is 95.6 Å². The highest BCUT2D eigenvalue weighted by Gasteiger charge is 2.31. The summed E-state index contributed by atoms with van der Waals surface area (Å²) in [6.07, 6.45) is 2.73. The number of benzene rings is 1. The van der Waals surface area contributed by atoms with E-state index in [1.54, 1.807) is 0 Å². The van der Waals surface area contributed by atoms with Crippen LogP contribution in [0.25, 0.3) is 0 Å². The number of rotatable bonds is 2. The van der Waals surface area contributed by atoms with Gasteiger partial charge in [-0.25, -0.2) is 0 Å². The summed E-state index contributed by atoms with van der Waals surface area (Å²) in [5.41, 5.74) is 2.90. The number of hydrogen-bond acceptors (Lipinski definition) is 2. The maximum Gasteiger partial charge on any atom is 0.140 e. The lowest BCUT2D eigenvalue weighted by Crippen LogP contribution is -2.31. The van der Waals surface area contributed by atoms with Gasteiger partial charge in [-0.05, 0) is 29.9 Å². The van der Waals surface area contributed by atoms with Gasteiger partial charge in [0.15, 0.2) is 0 Å². The van der Waals surface area contributed by atoms with Crippen molar-refractivity contribution >= 4 is 5.78 Å². The van der Waals surface area contributed by atoms with Gasteiger partial charge < -0.3 is 4.74 Å². The van der Waals surface area contributed by atoms with Gasteiger partial charge in [-0.1, -0.05) is 24.3 Å². The van der Waals surface area contributed by atoms with E-state index >= 15 is 0 Å². The average molecular weight is 216 g/mol. The first kappa shape index (κ1) is 10.0. The van der Waals surface area contributed by atoms with Gasteiger partial charge in [-0.15, -0.1) is 0 Å². The summed E-state index contributed by atoms with van der Waals surface area (Å²) < 4.78 is 5.39. The van der Waals surface area contributed by atoms with Crippen LogP contribution in [0, 0.1) is 5.92 Å². The lowest BCUT2D eigenvalue weighted by molar-refractivity contribution is -0.130. The van der Waals surface area contributed by atoms with Crippen molar-refractivity contribution in [1.29, 1.82) is 0 Å². The molecular formula is C14H16O2. The first-order chi connectivity index (χ1) is 7.84. The lowest BCUT2D eigenvalue weighted by Gasteiger charge is -2.33. The first-order valence-corrected chi connectivity index (χ1v) is 6.03. The van der Waals surface area contributed by atoms with Gasteiger partial charge in [0.05, 0.1) is 13.2 Å². The molecule has 0 amide bonds. The van der Waals surface area contributed by atoms with Gasteiger partial charge in [0, 0.05) is 12.3 Å². The molecule has 2 atom stereocenters. The molecule has 2 aliphatic rings. The summed E-state index contributed by atoms with van der Waals surface area (Å²) in [6, 6.07) is 8.55. The standard InChI is InChI=1S/C14H16O2/c15-14-5-6-16-9-12(14)8-11-7-10-3-1-2-4-13(10)11/h1-4,11-12H,5-9H2. The number of ketones is 1. The molecule has 2 unspecified atom stereocenters. The monoisotopic (exact) mass is 216 g/mol. The summed E-state index contributed by atoms with van der Waals surface area (Å²) in [7, 11) is 0. The molecule has 1 aromatic rings. The summed E-state index contributed by atoms with van der Waals surface area (Å²) in [5.74, 6) is 1.13. The smallest absolute Gasteiger partial charge is 0.140 e. The van der Waals surface area contributed by atoms with Crippen LogP contribution in [0.5, 0.6) is 0 Å². The van der Waals surface area contributed by atoms with Crippen molar-refractivity contribution in [3.05, 3.63) is 35.4 Å². The molecule has 1 saturated heterocycles. The minimum atomic E-state index is 0.145. The molecule has 1 fully saturated rings. The summed E-state index contributed by atoms with van der Waals surface area (Å²) >= 11 is 0. The van der Waals surface area contributed by atoms with Gasteiger partial charge in [-0.2, -0.15) is 0 Å². The van der Waals surface area contributed by atoms with Crippen LogP contribution in [-0.4, -0.2) is 19.0 Å². The highest BCUT2D eigenvalue weighted by molar-refractivity contribution is 5.81. The minimum absolute atomic E-state index is 0.145. The van der Waals surface area contributed by atoms with E-state index in [0.29, 0.717) is 31.3 Å². The Hall–Kier alpha value is -1.15. The first-order valence-electron chi connectivity index (χ1n) is 6.03. The van der Waals surface area contributed by atoms with E-state index in [9.17, 15) is 4.79 Å². The van der Waals surface area contributed by atoms with Crippen molar-refractivity contribution in [2.24, 2.45) is 5.92 Å². The van der Waals surface area contributed by atoms with Crippen LogP contribution < -0.4 is 0 Å². The molecule has 0 bridgehead atoms. The van der Waals surface area contributed by atoms with E-state index in [-0.39, 0.29) is 5.92 Å². The second-order valence-corrected chi connectivity index (χ2v) is 4.82. The Morgan fingerprint density at radius 3 is 2.94 bits per heavy atom. The Morgan fingerprint density at radius 1 is 1.25 bits per heavy atom. The maximum atomic E-state index is 11.7. The topological polar surface area (TPSA) is 26.3 Å². The van der Waals surface area contributed by atoms with Crippen molar-refractivity contribution in [2.45, 2.75) is 25.2 Å². The number of fused-ring (bicyclic) bond motifs is 1. The predicted octanol–water partition coefficient (Wildman–Crippen LogP) is 2.32. The van der Waals surface area contributed by atoms with Gasteiger partial charge in [0.2, 0.25) is 0 Å². The zero-order valence-corrected chi connectivity index (χ0v) is 9.32. The van der Waals surface area contributed by atoms with Gasteiger partial charge >= 0.3 is 0 Å². The van der Waals surface area contributed by atoms with E-state index in [0.717, 1.165) is 12.8 Å². The molecule has 16 heavy (non-hydrogen) atoms. The largest absolute Gasteiger partial charge is 0.380 e. The molecule has 84 valence electrons. The van der Waals surface area contributed by atoms with Crippen LogP contribution in [0.1, 0.15) is 29.9 Å². The fraction of sp³-hybridized carbons (Fsp3) is 0.500. The normalized spacial score (nSPS) is 28.4. The van der Waals surface area contributed by atoms with E-state index in [4.69, 9.17) is 4.74 Å². The molecule has 1 heterocycles. The van der Waals surface area contributed by atoms with Crippen molar-refractivity contribution < 1.29 is 9.53 Å². The molecule has 3 rings (SSSR count). The fourth-order valence-electron chi connectivity index (χ4n) is 2.81.